The maximum Gasteiger partial charge on any atom is 0.418 e. The number of nitro benzene ring substituents is 1. The molecular weight excluding hydrogens is 281 g/mol. The molecule has 110 valence electrons. The van der Waals surface area contributed by atoms with Gasteiger partial charge in [0.2, 0.25) is 0 Å². The van der Waals surface area contributed by atoms with Crippen LogP contribution in [0.5, 0.6) is 0 Å². The van der Waals surface area contributed by atoms with Gasteiger partial charge in [-0.25, -0.2) is 4.79 Å². The van der Waals surface area contributed by atoms with Crippen LogP contribution in [-0.4, -0.2) is 24.0 Å². The molecule has 0 amide bonds. The molecule has 1 atom stereocenters. The van der Waals surface area contributed by atoms with E-state index < -0.39 is 40.0 Å². The van der Waals surface area contributed by atoms with Crippen LogP contribution in [-0.2, 0) is 15.7 Å². The van der Waals surface area contributed by atoms with E-state index >= 15 is 0 Å². The highest BCUT2D eigenvalue weighted by Crippen LogP contribution is 2.37. The number of hydrogen-bond donors (Lipinski definition) is 1. The van der Waals surface area contributed by atoms with Crippen LogP contribution in [0.4, 0.5) is 24.5 Å². The summed E-state index contributed by atoms with van der Waals surface area (Å²) in [6, 6.07) is 1.21. The Labute approximate surface area is 111 Å². The predicted molar refractivity (Wildman–Crippen MR) is 63.2 cm³/mol. The number of nitro groups is 1. The van der Waals surface area contributed by atoms with Crippen molar-refractivity contribution in [1.29, 1.82) is 0 Å². The Kier molecular flexibility index (Phi) is 4.53. The Morgan fingerprint density at radius 3 is 2.50 bits per heavy atom. The molecule has 1 aromatic rings. The summed E-state index contributed by atoms with van der Waals surface area (Å²) in [5, 5.41) is 12.8. The van der Waals surface area contributed by atoms with Gasteiger partial charge in [0.25, 0.3) is 5.69 Å². The summed E-state index contributed by atoms with van der Waals surface area (Å²) < 4.78 is 42.9. The number of rotatable bonds is 4. The quantitative estimate of drug-likeness (QED) is 0.524. The van der Waals surface area contributed by atoms with Crippen molar-refractivity contribution in [3.05, 3.63) is 33.9 Å². The number of methoxy groups -OCH3 is 1. The first-order valence-corrected chi connectivity index (χ1v) is 5.36. The summed E-state index contributed by atoms with van der Waals surface area (Å²) >= 11 is 0. The molecule has 0 saturated carbocycles. The van der Waals surface area contributed by atoms with Gasteiger partial charge in [0, 0.05) is 17.8 Å². The summed E-state index contributed by atoms with van der Waals surface area (Å²) in [4.78, 5) is 20.8. The maximum atomic E-state index is 12.8. The highest BCUT2D eigenvalue weighted by Gasteiger charge is 2.35. The number of alkyl halides is 3. The van der Waals surface area contributed by atoms with Gasteiger partial charge < -0.3 is 10.1 Å². The molecule has 1 unspecified atom stereocenters. The first-order valence-electron chi connectivity index (χ1n) is 5.36. The lowest BCUT2D eigenvalue weighted by Gasteiger charge is -2.17. The number of benzene rings is 1. The van der Waals surface area contributed by atoms with Gasteiger partial charge in [0.05, 0.1) is 17.6 Å². The van der Waals surface area contributed by atoms with E-state index in [1.54, 1.807) is 0 Å². The highest BCUT2D eigenvalue weighted by atomic mass is 19.4. The number of ether oxygens (including phenoxy) is 1. The van der Waals surface area contributed by atoms with Crippen LogP contribution in [0.2, 0.25) is 0 Å². The second kappa shape index (κ2) is 5.76. The summed E-state index contributed by atoms with van der Waals surface area (Å²) in [5.41, 5.74) is -2.34. The molecule has 0 fully saturated rings. The van der Waals surface area contributed by atoms with E-state index in [9.17, 15) is 28.1 Å². The van der Waals surface area contributed by atoms with Gasteiger partial charge >= 0.3 is 12.1 Å². The first-order chi connectivity index (χ1) is 9.16. The average molecular weight is 292 g/mol. The molecule has 0 aliphatic carbocycles. The molecule has 0 aromatic heterocycles. The van der Waals surface area contributed by atoms with E-state index in [1.807, 2.05) is 0 Å². The van der Waals surface area contributed by atoms with E-state index in [1.165, 1.54) is 6.92 Å². The second-order valence-corrected chi connectivity index (χ2v) is 3.87. The van der Waals surface area contributed by atoms with E-state index in [0.717, 1.165) is 19.2 Å². The maximum absolute atomic E-state index is 12.8. The molecule has 20 heavy (non-hydrogen) atoms. The highest BCUT2D eigenvalue weighted by molar-refractivity contribution is 5.79. The Morgan fingerprint density at radius 1 is 1.45 bits per heavy atom. The standard InChI is InChI=1S/C11H11F3N2O4/c1-6(10(17)20-2)15-9-4-3-7(16(18)19)5-8(9)11(12,13)14/h3-6,15H,1-2H3. The van der Waals surface area contributed by atoms with E-state index in [4.69, 9.17) is 0 Å². The molecule has 0 spiro atoms. The molecule has 6 nitrogen and oxygen atoms in total. The molecule has 0 radical (unpaired) electrons. The van der Waals surface area contributed by atoms with Gasteiger partial charge in [0.1, 0.15) is 6.04 Å². The van der Waals surface area contributed by atoms with Crippen molar-refractivity contribution in [1.82, 2.24) is 0 Å². The third-order valence-electron chi connectivity index (χ3n) is 2.45. The van der Waals surface area contributed by atoms with Crippen LogP contribution in [0.15, 0.2) is 18.2 Å². The van der Waals surface area contributed by atoms with Crippen molar-refractivity contribution in [3.63, 3.8) is 0 Å². The summed E-state index contributed by atoms with van der Waals surface area (Å²) in [7, 11) is 1.10. The van der Waals surface area contributed by atoms with Crippen LogP contribution in [0.3, 0.4) is 0 Å². The molecule has 1 rings (SSSR count). The van der Waals surface area contributed by atoms with Gasteiger partial charge in [-0.1, -0.05) is 0 Å². The topological polar surface area (TPSA) is 81.5 Å². The van der Waals surface area contributed by atoms with Crippen molar-refractivity contribution in [2.24, 2.45) is 0 Å². The third kappa shape index (κ3) is 3.59. The van der Waals surface area contributed by atoms with Crippen LogP contribution >= 0.6 is 0 Å². The fraction of sp³-hybridized carbons (Fsp3) is 0.364. The lowest BCUT2D eigenvalue weighted by Crippen LogP contribution is -2.28. The Bertz CT molecular complexity index is 531. The van der Waals surface area contributed by atoms with Crippen LogP contribution < -0.4 is 5.32 Å². The van der Waals surface area contributed by atoms with Crippen molar-refractivity contribution >= 4 is 17.3 Å². The van der Waals surface area contributed by atoms with Crippen molar-refractivity contribution in [2.75, 3.05) is 12.4 Å². The molecule has 0 aliphatic rings. The van der Waals surface area contributed by atoms with E-state index in [2.05, 4.69) is 10.1 Å². The smallest absolute Gasteiger partial charge is 0.418 e. The van der Waals surface area contributed by atoms with Crippen LogP contribution in [0.25, 0.3) is 0 Å². The monoisotopic (exact) mass is 292 g/mol. The third-order valence-corrected chi connectivity index (χ3v) is 2.45. The molecule has 9 heteroatoms. The minimum atomic E-state index is -4.79. The SMILES string of the molecule is COC(=O)C(C)Nc1ccc([N+](=O)[O-])cc1C(F)(F)F. The molecule has 0 aliphatic heterocycles. The number of non-ortho nitro benzene ring substituents is 1. The number of carbonyl (C=O) groups excluding carboxylic acids is 1. The first kappa shape index (κ1) is 15.7. The largest absolute Gasteiger partial charge is 0.467 e. The molecule has 0 bridgehead atoms. The Morgan fingerprint density at radius 2 is 2.05 bits per heavy atom. The number of halogens is 3. The molecular formula is C11H11F3N2O4. The minimum Gasteiger partial charge on any atom is -0.467 e. The second-order valence-electron chi connectivity index (χ2n) is 3.87. The fourth-order valence-corrected chi connectivity index (χ4v) is 1.48. The number of esters is 1. The van der Waals surface area contributed by atoms with Gasteiger partial charge in [-0.05, 0) is 13.0 Å². The summed E-state index contributed by atoms with van der Waals surface area (Å²) in [6.07, 6.45) is -4.79. The minimum absolute atomic E-state index is 0.409. The normalized spacial score (nSPS) is 12.7. The van der Waals surface area contributed by atoms with E-state index in [0.29, 0.717) is 6.07 Å². The van der Waals surface area contributed by atoms with Crippen molar-refractivity contribution in [2.45, 2.75) is 19.1 Å². The van der Waals surface area contributed by atoms with Crippen LogP contribution in [0.1, 0.15) is 12.5 Å². The van der Waals surface area contributed by atoms with Gasteiger partial charge in [-0.15, -0.1) is 0 Å². The zero-order valence-electron chi connectivity index (χ0n) is 10.5. The molecule has 0 heterocycles. The molecule has 0 saturated heterocycles. The van der Waals surface area contributed by atoms with Crippen LogP contribution in [0, 0.1) is 10.1 Å². The summed E-state index contributed by atoms with van der Waals surface area (Å²) in [5.74, 6) is -0.753. The zero-order chi connectivity index (χ0) is 15.5. The van der Waals surface area contributed by atoms with Gasteiger partial charge in [0.15, 0.2) is 0 Å². The Hall–Kier alpha value is -2.32. The van der Waals surface area contributed by atoms with Crippen molar-refractivity contribution in [3.8, 4) is 0 Å². The zero-order valence-corrected chi connectivity index (χ0v) is 10.5. The number of anilines is 1. The lowest BCUT2D eigenvalue weighted by atomic mass is 10.1. The number of hydrogen-bond acceptors (Lipinski definition) is 5. The van der Waals surface area contributed by atoms with E-state index in [-0.39, 0.29) is 0 Å². The van der Waals surface area contributed by atoms with Gasteiger partial charge in [-0.3, -0.25) is 10.1 Å². The molecule has 1 aromatic carbocycles. The lowest BCUT2D eigenvalue weighted by molar-refractivity contribution is -0.385. The molecule has 1 N–H and O–H groups in total. The fourth-order valence-electron chi connectivity index (χ4n) is 1.48. The number of carbonyl (C=O) groups is 1. The number of nitrogens with one attached hydrogen (secondary N) is 1. The Balaban J connectivity index is 3.19. The van der Waals surface area contributed by atoms with Crippen molar-refractivity contribution < 1.29 is 27.6 Å². The summed E-state index contributed by atoms with van der Waals surface area (Å²) in [6.45, 7) is 1.31. The predicted octanol–water partition coefficient (Wildman–Crippen LogP) is 2.59. The van der Waals surface area contributed by atoms with Gasteiger partial charge in [-0.2, -0.15) is 13.2 Å². The average Bonchev–Trinajstić information content (AvgIpc) is 2.36. The number of nitrogens with zero attached hydrogens (tertiary/aromatic N) is 1.